The van der Waals surface area contributed by atoms with Crippen LogP contribution in [0.15, 0.2) is 0 Å². The van der Waals surface area contributed by atoms with Gasteiger partial charge in [0.2, 0.25) is 0 Å². The van der Waals surface area contributed by atoms with Crippen molar-refractivity contribution in [1.82, 2.24) is 10.2 Å². The third-order valence-electron chi connectivity index (χ3n) is 5.37. The van der Waals surface area contributed by atoms with Gasteiger partial charge in [-0.15, -0.1) is 0 Å². The van der Waals surface area contributed by atoms with Gasteiger partial charge in [-0.3, -0.25) is 0 Å². The standard InChI is InChI=1S/C16H30N2O/c1-18(15-7-10-19-11-15)13-16(8-3-2-4-9-16)12-17-14-5-6-14/h14-15,17H,2-13H2,1H3. The highest BCUT2D eigenvalue weighted by Gasteiger charge is 2.36. The first kappa shape index (κ1) is 13.8. The van der Waals surface area contributed by atoms with Crippen molar-refractivity contribution in [2.45, 2.75) is 63.5 Å². The molecule has 0 radical (unpaired) electrons. The molecule has 0 aromatic rings. The zero-order valence-corrected chi connectivity index (χ0v) is 12.5. The van der Waals surface area contributed by atoms with Gasteiger partial charge < -0.3 is 15.0 Å². The first-order valence-corrected chi connectivity index (χ1v) is 8.29. The predicted octanol–water partition coefficient (Wildman–Crippen LogP) is 2.41. The van der Waals surface area contributed by atoms with Gasteiger partial charge in [0.15, 0.2) is 0 Å². The minimum atomic E-state index is 0.540. The maximum atomic E-state index is 5.55. The van der Waals surface area contributed by atoms with Gasteiger partial charge in [-0.25, -0.2) is 0 Å². The molecule has 110 valence electrons. The molecule has 1 N–H and O–H groups in total. The van der Waals surface area contributed by atoms with Gasteiger partial charge >= 0.3 is 0 Å². The molecular weight excluding hydrogens is 236 g/mol. The lowest BCUT2D eigenvalue weighted by molar-refractivity contribution is 0.0840. The third kappa shape index (κ3) is 3.71. The van der Waals surface area contributed by atoms with Crippen LogP contribution < -0.4 is 5.32 Å². The maximum Gasteiger partial charge on any atom is 0.0622 e. The number of rotatable bonds is 6. The largest absolute Gasteiger partial charge is 0.380 e. The summed E-state index contributed by atoms with van der Waals surface area (Å²) in [5.74, 6) is 0. The Morgan fingerprint density at radius 1 is 1.16 bits per heavy atom. The number of hydrogen-bond acceptors (Lipinski definition) is 3. The van der Waals surface area contributed by atoms with Crippen molar-refractivity contribution in [3.8, 4) is 0 Å². The van der Waals surface area contributed by atoms with E-state index in [-0.39, 0.29) is 0 Å². The fourth-order valence-corrected chi connectivity index (χ4v) is 3.87. The lowest BCUT2D eigenvalue weighted by atomic mass is 9.73. The molecule has 3 rings (SSSR count). The first-order valence-electron chi connectivity index (χ1n) is 8.29. The quantitative estimate of drug-likeness (QED) is 0.799. The minimum absolute atomic E-state index is 0.540. The van der Waals surface area contributed by atoms with Crippen molar-refractivity contribution in [2.75, 3.05) is 33.4 Å². The zero-order valence-electron chi connectivity index (χ0n) is 12.5. The highest BCUT2D eigenvalue weighted by Crippen LogP contribution is 2.38. The number of nitrogens with zero attached hydrogens (tertiary/aromatic N) is 1. The van der Waals surface area contributed by atoms with Crippen LogP contribution in [-0.2, 0) is 4.74 Å². The molecule has 3 nitrogen and oxygen atoms in total. The summed E-state index contributed by atoms with van der Waals surface area (Å²) < 4.78 is 5.55. The second-order valence-corrected chi connectivity index (χ2v) is 7.15. The summed E-state index contributed by atoms with van der Waals surface area (Å²) >= 11 is 0. The monoisotopic (exact) mass is 266 g/mol. The van der Waals surface area contributed by atoms with Crippen molar-refractivity contribution in [2.24, 2.45) is 5.41 Å². The van der Waals surface area contributed by atoms with E-state index in [1.54, 1.807) is 0 Å². The van der Waals surface area contributed by atoms with Gasteiger partial charge in [-0.2, -0.15) is 0 Å². The Morgan fingerprint density at radius 3 is 2.58 bits per heavy atom. The van der Waals surface area contributed by atoms with Gasteiger partial charge in [0.25, 0.3) is 0 Å². The number of ether oxygens (including phenoxy) is 1. The van der Waals surface area contributed by atoms with Crippen molar-refractivity contribution >= 4 is 0 Å². The molecule has 2 saturated carbocycles. The summed E-state index contributed by atoms with van der Waals surface area (Å²) in [5, 5.41) is 3.81. The Bertz CT molecular complexity index is 278. The topological polar surface area (TPSA) is 24.5 Å². The van der Waals surface area contributed by atoms with Crippen molar-refractivity contribution in [3.63, 3.8) is 0 Å². The van der Waals surface area contributed by atoms with Gasteiger partial charge in [0.05, 0.1) is 6.61 Å². The summed E-state index contributed by atoms with van der Waals surface area (Å²) in [6.07, 6.45) is 11.2. The van der Waals surface area contributed by atoms with Crippen LogP contribution in [0.25, 0.3) is 0 Å². The van der Waals surface area contributed by atoms with Crippen molar-refractivity contribution in [3.05, 3.63) is 0 Å². The van der Waals surface area contributed by atoms with E-state index in [4.69, 9.17) is 4.74 Å². The minimum Gasteiger partial charge on any atom is -0.380 e. The fourth-order valence-electron chi connectivity index (χ4n) is 3.87. The highest BCUT2D eigenvalue weighted by atomic mass is 16.5. The molecule has 3 fully saturated rings. The molecular formula is C16H30N2O. The first-order chi connectivity index (χ1) is 9.27. The molecule has 1 unspecified atom stereocenters. The molecule has 2 aliphatic carbocycles. The number of hydrogen-bond donors (Lipinski definition) is 1. The van der Waals surface area contributed by atoms with Crippen LogP contribution in [0.5, 0.6) is 0 Å². The predicted molar refractivity (Wildman–Crippen MR) is 78.4 cm³/mol. The summed E-state index contributed by atoms with van der Waals surface area (Å²) in [7, 11) is 2.31. The second-order valence-electron chi connectivity index (χ2n) is 7.15. The molecule has 1 heterocycles. The average Bonchev–Trinajstić information content (AvgIpc) is 3.09. The smallest absolute Gasteiger partial charge is 0.0622 e. The normalized spacial score (nSPS) is 30.9. The zero-order chi connectivity index (χ0) is 13.1. The van der Waals surface area contributed by atoms with Crippen LogP contribution >= 0.6 is 0 Å². The van der Waals surface area contributed by atoms with Crippen LogP contribution in [0.2, 0.25) is 0 Å². The van der Waals surface area contributed by atoms with Crippen LogP contribution in [0, 0.1) is 5.41 Å². The van der Waals surface area contributed by atoms with E-state index in [2.05, 4.69) is 17.3 Å². The molecule has 1 saturated heterocycles. The van der Waals surface area contributed by atoms with Crippen LogP contribution in [0.1, 0.15) is 51.4 Å². The van der Waals surface area contributed by atoms with E-state index in [1.807, 2.05) is 0 Å². The molecule has 0 amide bonds. The summed E-state index contributed by atoms with van der Waals surface area (Å²) in [6.45, 7) is 4.42. The van der Waals surface area contributed by atoms with Crippen LogP contribution in [-0.4, -0.2) is 50.3 Å². The van der Waals surface area contributed by atoms with E-state index in [0.29, 0.717) is 11.5 Å². The molecule has 0 aromatic heterocycles. The summed E-state index contributed by atoms with van der Waals surface area (Å²) in [5.41, 5.74) is 0.540. The van der Waals surface area contributed by atoms with Crippen LogP contribution in [0.3, 0.4) is 0 Å². The number of nitrogens with one attached hydrogen (secondary N) is 1. The Labute approximate surface area is 118 Å². The molecule has 0 aromatic carbocycles. The molecule has 19 heavy (non-hydrogen) atoms. The Balaban J connectivity index is 1.56. The maximum absolute atomic E-state index is 5.55. The average molecular weight is 266 g/mol. The van der Waals surface area contributed by atoms with Crippen molar-refractivity contribution in [1.29, 1.82) is 0 Å². The number of likely N-dealkylation sites (N-methyl/N-ethyl adjacent to an activating group) is 1. The van der Waals surface area contributed by atoms with E-state index >= 15 is 0 Å². The Hall–Kier alpha value is -0.120. The third-order valence-corrected chi connectivity index (χ3v) is 5.37. The Kier molecular flexibility index (Phi) is 4.45. The van der Waals surface area contributed by atoms with Crippen molar-refractivity contribution < 1.29 is 4.74 Å². The van der Waals surface area contributed by atoms with Gasteiger partial charge in [0.1, 0.15) is 0 Å². The Morgan fingerprint density at radius 2 is 1.95 bits per heavy atom. The molecule has 0 spiro atoms. The molecule has 1 atom stereocenters. The van der Waals surface area contributed by atoms with Crippen LogP contribution in [0.4, 0.5) is 0 Å². The lowest BCUT2D eigenvalue weighted by Gasteiger charge is -2.42. The molecule has 3 aliphatic rings. The molecule has 3 heteroatoms. The fraction of sp³-hybridized carbons (Fsp3) is 1.00. The molecule has 1 aliphatic heterocycles. The van der Waals surface area contributed by atoms with Gasteiger partial charge in [0, 0.05) is 31.8 Å². The van der Waals surface area contributed by atoms with Gasteiger partial charge in [-0.05, 0) is 44.6 Å². The summed E-state index contributed by atoms with van der Waals surface area (Å²) in [6, 6.07) is 1.51. The summed E-state index contributed by atoms with van der Waals surface area (Å²) in [4.78, 5) is 2.59. The lowest BCUT2D eigenvalue weighted by Crippen LogP contribution is -2.47. The van der Waals surface area contributed by atoms with Gasteiger partial charge in [-0.1, -0.05) is 19.3 Å². The SMILES string of the molecule is CN(CC1(CNC2CC2)CCCCC1)C1CCOC1. The van der Waals surface area contributed by atoms with E-state index in [1.165, 1.54) is 64.5 Å². The van der Waals surface area contributed by atoms with E-state index in [9.17, 15) is 0 Å². The van der Waals surface area contributed by atoms with E-state index < -0.39 is 0 Å². The molecule has 0 bridgehead atoms. The second kappa shape index (κ2) is 6.11. The highest BCUT2D eigenvalue weighted by molar-refractivity contribution is 4.92. The van der Waals surface area contributed by atoms with E-state index in [0.717, 1.165) is 19.3 Å².